The summed E-state index contributed by atoms with van der Waals surface area (Å²) in [5.74, 6) is -2.20. The summed E-state index contributed by atoms with van der Waals surface area (Å²) in [5.41, 5.74) is -0.544. The van der Waals surface area contributed by atoms with Crippen molar-refractivity contribution in [2.75, 3.05) is 5.75 Å². The van der Waals surface area contributed by atoms with Crippen LogP contribution in [-0.2, 0) is 14.6 Å². The van der Waals surface area contributed by atoms with E-state index < -0.39 is 37.8 Å². The predicted octanol–water partition coefficient (Wildman–Crippen LogP) is 2.26. The minimum atomic E-state index is -3.79. The van der Waals surface area contributed by atoms with Crippen LogP contribution in [0.25, 0.3) is 5.76 Å². The van der Waals surface area contributed by atoms with Gasteiger partial charge in [0, 0.05) is 17.7 Å². The number of nitrogens with zero attached hydrogens (tertiary/aromatic N) is 1. The second-order valence-corrected chi connectivity index (χ2v) is 7.18. The van der Waals surface area contributed by atoms with Gasteiger partial charge in [0.25, 0.3) is 5.69 Å². The summed E-state index contributed by atoms with van der Waals surface area (Å²) in [7, 11) is -3.79. The molecule has 0 aliphatic carbocycles. The maximum Gasteiger partial charge on any atom is 0.344 e. The number of nitro groups is 1. The average Bonchev–Trinajstić information content (AvgIpc) is 2.58. The molecule has 3 rings (SSSR count). The van der Waals surface area contributed by atoms with Gasteiger partial charge in [-0.2, -0.15) is 0 Å². The molecule has 0 unspecified atom stereocenters. The zero-order chi connectivity index (χ0) is 18.2. The number of hydrogen-bond acceptors (Lipinski definition) is 7. The van der Waals surface area contributed by atoms with Gasteiger partial charge in [-0.25, -0.2) is 13.2 Å². The van der Waals surface area contributed by atoms with Gasteiger partial charge in [0.05, 0.1) is 21.1 Å². The number of ether oxygens (including phenoxy) is 1. The summed E-state index contributed by atoms with van der Waals surface area (Å²) in [5, 5.41) is 20.8. The SMILES string of the molecule is O=C(Oc1ccc([N+](=O)[O-])cc1)C1=C(O)c2ccccc2S(=O)(=O)C1. The number of benzene rings is 2. The van der Waals surface area contributed by atoms with Crippen LogP contribution in [0.2, 0.25) is 0 Å². The second kappa shape index (κ2) is 6.02. The molecular weight excluding hydrogens is 350 g/mol. The Morgan fingerprint density at radius 1 is 1.12 bits per heavy atom. The Labute approximate surface area is 142 Å². The lowest BCUT2D eigenvalue weighted by atomic mass is 10.1. The van der Waals surface area contributed by atoms with Crippen molar-refractivity contribution in [2.45, 2.75) is 4.90 Å². The monoisotopic (exact) mass is 361 g/mol. The standard InChI is InChI=1S/C16H11NO7S/c18-15-12-3-1-2-4-14(12)25(22,23)9-13(15)16(19)24-11-7-5-10(6-8-11)17(20)21/h1-8,18H,9H2. The highest BCUT2D eigenvalue weighted by Crippen LogP contribution is 2.32. The van der Waals surface area contributed by atoms with Crippen molar-refractivity contribution < 1.29 is 28.0 Å². The lowest BCUT2D eigenvalue weighted by Gasteiger charge is -2.18. The topological polar surface area (TPSA) is 124 Å². The van der Waals surface area contributed by atoms with E-state index in [4.69, 9.17) is 4.74 Å². The van der Waals surface area contributed by atoms with Gasteiger partial charge in [-0.15, -0.1) is 0 Å². The fraction of sp³-hybridized carbons (Fsp3) is 0.0625. The summed E-state index contributed by atoms with van der Waals surface area (Å²) in [6.07, 6.45) is 0. The molecule has 0 aromatic heterocycles. The van der Waals surface area contributed by atoms with E-state index in [1.165, 1.54) is 36.4 Å². The maximum atomic E-state index is 12.3. The van der Waals surface area contributed by atoms with Gasteiger partial charge >= 0.3 is 5.97 Å². The summed E-state index contributed by atoms with van der Waals surface area (Å²) < 4.78 is 29.6. The number of sulfone groups is 1. The fourth-order valence-corrected chi connectivity index (χ4v) is 3.97. The molecule has 0 saturated heterocycles. The van der Waals surface area contributed by atoms with Crippen molar-refractivity contribution in [3.05, 3.63) is 69.8 Å². The second-order valence-electron chi connectivity index (χ2n) is 5.22. The molecule has 0 fully saturated rings. The first-order valence-electron chi connectivity index (χ1n) is 7.00. The Morgan fingerprint density at radius 3 is 2.40 bits per heavy atom. The van der Waals surface area contributed by atoms with Gasteiger partial charge in [0.1, 0.15) is 11.5 Å². The number of rotatable bonds is 3. The van der Waals surface area contributed by atoms with Gasteiger partial charge in [-0.1, -0.05) is 12.1 Å². The van der Waals surface area contributed by atoms with Crippen molar-refractivity contribution in [1.29, 1.82) is 0 Å². The number of carbonyl (C=O) groups excluding carboxylic acids is 1. The van der Waals surface area contributed by atoms with Crippen LogP contribution in [0.5, 0.6) is 5.75 Å². The van der Waals surface area contributed by atoms with Crippen LogP contribution in [-0.4, -0.2) is 30.2 Å². The van der Waals surface area contributed by atoms with Crippen LogP contribution in [0.4, 0.5) is 5.69 Å². The Kier molecular flexibility index (Phi) is 4.01. The third-order valence-electron chi connectivity index (χ3n) is 3.60. The molecule has 1 N–H and O–H groups in total. The molecule has 0 saturated carbocycles. The molecule has 0 bridgehead atoms. The Hall–Kier alpha value is -3.20. The van der Waals surface area contributed by atoms with E-state index in [1.807, 2.05) is 0 Å². The highest BCUT2D eigenvalue weighted by atomic mass is 32.2. The molecule has 0 spiro atoms. The van der Waals surface area contributed by atoms with Crippen molar-refractivity contribution in [3.63, 3.8) is 0 Å². The maximum absolute atomic E-state index is 12.3. The summed E-state index contributed by atoms with van der Waals surface area (Å²) in [4.78, 5) is 22.2. The molecule has 128 valence electrons. The third-order valence-corrected chi connectivity index (χ3v) is 5.30. The molecule has 1 heterocycles. The molecule has 1 aliphatic heterocycles. The number of non-ortho nitro benzene ring substituents is 1. The van der Waals surface area contributed by atoms with E-state index in [0.29, 0.717) is 0 Å². The normalized spacial score (nSPS) is 15.4. The molecule has 9 heteroatoms. The number of esters is 1. The first-order chi connectivity index (χ1) is 11.8. The summed E-state index contributed by atoms with van der Waals surface area (Å²) in [6.45, 7) is 0. The van der Waals surface area contributed by atoms with Gasteiger partial charge in [0.15, 0.2) is 9.84 Å². The van der Waals surface area contributed by atoms with Crippen LogP contribution >= 0.6 is 0 Å². The molecule has 25 heavy (non-hydrogen) atoms. The minimum absolute atomic E-state index is 0.00726. The number of carbonyl (C=O) groups is 1. The molecule has 0 radical (unpaired) electrons. The zero-order valence-electron chi connectivity index (χ0n) is 12.6. The van der Waals surface area contributed by atoms with Crippen LogP contribution in [0, 0.1) is 10.1 Å². The molecule has 0 amide bonds. The van der Waals surface area contributed by atoms with E-state index >= 15 is 0 Å². The van der Waals surface area contributed by atoms with Crippen molar-refractivity contribution in [2.24, 2.45) is 0 Å². The smallest absolute Gasteiger partial charge is 0.344 e. The first kappa shape index (κ1) is 16.7. The largest absolute Gasteiger partial charge is 0.507 e. The van der Waals surface area contributed by atoms with Gasteiger partial charge in [-0.05, 0) is 24.3 Å². The minimum Gasteiger partial charge on any atom is -0.507 e. The van der Waals surface area contributed by atoms with E-state index in [9.17, 15) is 28.4 Å². The average molecular weight is 361 g/mol. The summed E-state index contributed by atoms with van der Waals surface area (Å²) in [6, 6.07) is 10.5. The lowest BCUT2D eigenvalue weighted by molar-refractivity contribution is -0.384. The number of aliphatic hydroxyl groups is 1. The van der Waals surface area contributed by atoms with Gasteiger partial charge < -0.3 is 9.84 Å². The van der Waals surface area contributed by atoms with E-state index in [1.54, 1.807) is 0 Å². The molecule has 1 aliphatic rings. The Bertz CT molecular complexity index is 1010. The van der Waals surface area contributed by atoms with Crippen LogP contribution in [0.15, 0.2) is 59.0 Å². The van der Waals surface area contributed by atoms with Crippen LogP contribution in [0.3, 0.4) is 0 Å². The molecule has 8 nitrogen and oxygen atoms in total. The Balaban J connectivity index is 1.93. The van der Waals surface area contributed by atoms with E-state index in [2.05, 4.69) is 0 Å². The first-order valence-corrected chi connectivity index (χ1v) is 8.66. The third kappa shape index (κ3) is 3.09. The zero-order valence-corrected chi connectivity index (χ0v) is 13.4. The van der Waals surface area contributed by atoms with Crippen LogP contribution in [0.1, 0.15) is 5.56 Å². The number of hydrogen-bond donors (Lipinski definition) is 1. The molecular formula is C16H11NO7S. The highest BCUT2D eigenvalue weighted by Gasteiger charge is 2.34. The summed E-state index contributed by atoms with van der Waals surface area (Å²) >= 11 is 0. The van der Waals surface area contributed by atoms with E-state index in [-0.39, 0.29) is 21.9 Å². The van der Waals surface area contributed by atoms with Crippen molar-refractivity contribution in [3.8, 4) is 5.75 Å². The van der Waals surface area contributed by atoms with Crippen LogP contribution < -0.4 is 4.74 Å². The lowest BCUT2D eigenvalue weighted by Crippen LogP contribution is -2.25. The molecule has 0 atom stereocenters. The highest BCUT2D eigenvalue weighted by molar-refractivity contribution is 7.91. The Morgan fingerprint density at radius 2 is 1.76 bits per heavy atom. The number of fused-ring (bicyclic) bond motifs is 1. The number of nitro benzene ring substituents is 1. The predicted molar refractivity (Wildman–Crippen MR) is 86.8 cm³/mol. The molecule has 2 aromatic rings. The number of aliphatic hydroxyl groups excluding tert-OH is 1. The van der Waals surface area contributed by atoms with Gasteiger partial charge in [0.2, 0.25) is 0 Å². The quantitative estimate of drug-likeness (QED) is 0.385. The van der Waals surface area contributed by atoms with Crippen molar-refractivity contribution in [1.82, 2.24) is 0 Å². The fourth-order valence-electron chi connectivity index (χ4n) is 2.39. The van der Waals surface area contributed by atoms with Gasteiger partial charge in [-0.3, -0.25) is 10.1 Å². The molecule has 2 aromatic carbocycles. The van der Waals surface area contributed by atoms with E-state index in [0.717, 1.165) is 12.1 Å². The van der Waals surface area contributed by atoms with Crippen molar-refractivity contribution >= 4 is 27.3 Å².